The number of hydrogen-bond acceptors (Lipinski definition) is 11. The highest BCUT2D eigenvalue weighted by atomic mass is 32.2. The molecule has 0 saturated heterocycles. The first-order chi connectivity index (χ1) is 21.0. The average Bonchev–Trinajstić information content (AvgIpc) is 3.75. The van der Waals surface area contributed by atoms with Gasteiger partial charge in [0.1, 0.15) is 41.7 Å². The maximum atomic E-state index is 6.29. The van der Waals surface area contributed by atoms with Crippen LogP contribution in [0.2, 0.25) is 0 Å². The van der Waals surface area contributed by atoms with Gasteiger partial charge in [0.25, 0.3) is 0 Å². The number of rotatable bonds is 12. The summed E-state index contributed by atoms with van der Waals surface area (Å²) in [6.45, 7) is 0.620. The number of benzene rings is 3. The zero-order valence-corrected chi connectivity index (χ0v) is 25.2. The van der Waals surface area contributed by atoms with Gasteiger partial charge in [-0.2, -0.15) is 0 Å². The fourth-order valence-corrected chi connectivity index (χ4v) is 5.54. The van der Waals surface area contributed by atoms with E-state index < -0.39 is 0 Å². The number of nitrogens with one attached hydrogen (secondary N) is 1. The zero-order valence-electron chi connectivity index (χ0n) is 24.3. The fraction of sp³-hybridized carbons (Fsp3) is 0.258. The molecule has 0 saturated carbocycles. The molecule has 1 unspecified atom stereocenters. The maximum Gasteiger partial charge on any atom is 0.203 e. The number of aromatic nitrogens is 2. The van der Waals surface area contributed by atoms with E-state index in [9.17, 15) is 0 Å². The molecule has 6 rings (SSSR count). The molecule has 12 heteroatoms. The Balaban J connectivity index is 1.18. The van der Waals surface area contributed by atoms with Crippen molar-refractivity contribution in [1.82, 2.24) is 9.66 Å². The van der Waals surface area contributed by atoms with Crippen LogP contribution in [0.3, 0.4) is 0 Å². The van der Waals surface area contributed by atoms with Crippen molar-refractivity contribution in [3.63, 3.8) is 0 Å². The summed E-state index contributed by atoms with van der Waals surface area (Å²) in [6, 6.07) is 17.1. The van der Waals surface area contributed by atoms with Gasteiger partial charge < -0.3 is 37.6 Å². The van der Waals surface area contributed by atoms with E-state index in [0.717, 1.165) is 21.7 Å². The second-order valence-electron chi connectivity index (χ2n) is 9.50. The van der Waals surface area contributed by atoms with Crippen LogP contribution >= 0.6 is 11.8 Å². The van der Waals surface area contributed by atoms with Gasteiger partial charge in [0.05, 0.1) is 40.0 Å². The molecule has 0 amide bonds. The van der Waals surface area contributed by atoms with Crippen LogP contribution in [0, 0.1) is 0 Å². The number of methoxy groups -OCH3 is 5. The lowest BCUT2D eigenvalue weighted by atomic mass is 10.2. The van der Waals surface area contributed by atoms with Gasteiger partial charge >= 0.3 is 0 Å². The van der Waals surface area contributed by atoms with E-state index in [4.69, 9.17) is 37.6 Å². The molecule has 5 aromatic rings. The Morgan fingerprint density at radius 1 is 0.814 bits per heavy atom. The van der Waals surface area contributed by atoms with Crippen molar-refractivity contribution in [3.8, 4) is 46.0 Å². The van der Waals surface area contributed by atoms with Crippen LogP contribution in [0.1, 0.15) is 11.1 Å². The second-order valence-corrected chi connectivity index (χ2v) is 10.5. The van der Waals surface area contributed by atoms with E-state index in [2.05, 4.69) is 10.4 Å². The minimum atomic E-state index is -0.171. The number of nitrogens with zero attached hydrogens (tertiary/aromatic N) is 2. The molecule has 1 aliphatic rings. The molecule has 1 atom stereocenters. The van der Waals surface area contributed by atoms with Crippen molar-refractivity contribution in [2.45, 2.75) is 23.9 Å². The number of imidazole rings is 1. The summed E-state index contributed by atoms with van der Waals surface area (Å²) in [6.07, 6.45) is 1.88. The molecular formula is C31H31N3O8S. The summed E-state index contributed by atoms with van der Waals surface area (Å²) >= 11 is 1.49. The topological polar surface area (TPSA) is 108 Å². The van der Waals surface area contributed by atoms with Crippen LogP contribution < -0.4 is 33.8 Å². The molecule has 224 valence electrons. The van der Waals surface area contributed by atoms with Crippen molar-refractivity contribution >= 4 is 22.7 Å². The number of ether oxygens (including phenoxy) is 7. The van der Waals surface area contributed by atoms with Crippen LogP contribution in [0.4, 0.5) is 0 Å². The molecule has 3 heterocycles. The Morgan fingerprint density at radius 2 is 1.60 bits per heavy atom. The Hall–Kier alpha value is -4.68. The largest absolute Gasteiger partial charge is 0.496 e. The van der Waals surface area contributed by atoms with Gasteiger partial charge in [-0.05, 0) is 53.2 Å². The van der Waals surface area contributed by atoms with E-state index >= 15 is 0 Å². The SMILES string of the molecule is COc1cc(OCc2cccc(OCc3cc(OC)c(OC)c(OC)c3)c2)c2cc(-c3cn4c(n3)SC(OC)N4)oc2c1. The molecule has 2 aromatic heterocycles. The lowest BCUT2D eigenvalue weighted by Gasteiger charge is -2.15. The summed E-state index contributed by atoms with van der Waals surface area (Å²) in [4.78, 5) is 4.68. The predicted octanol–water partition coefficient (Wildman–Crippen LogP) is 6.07. The molecular weight excluding hydrogens is 574 g/mol. The van der Waals surface area contributed by atoms with Gasteiger partial charge in [0.15, 0.2) is 28.0 Å². The molecule has 0 bridgehead atoms. The highest BCUT2D eigenvalue weighted by Gasteiger charge is 2.25. The Morgan fingerprint density at radius 3 is 2.30 bits per heavy atom. The van der Waals surface area contributed by atoms with Crippen molar-refractivity contribution in [1.29, 1.82) is 0 Å². The summed E-state index contributed by atoms with van der Waals surface area (Å²) in [5, 5.41) is 1.61. The summed E-state index contributed by atoms with van der Waals surface area (Å²) < 4.78 is 47.5. The minimum absolute atomic E-state index is 0.171. The van der Waals surface area contributed by atoms with Crippen LogP contribution in [0.15, 0.2) is 70.4 Å². The lowest BCUT2D eigenvalue weighted by molar-refractivity contribution is 0.187. The number of fused-ring (bicyclic) bond motifs is 2. The van der Waals surface area contributed by atoms with Gasteiger partial charge in [-0.3, -0.25) is 5.43 Å². The molecule has 11 nitrogen and oxygen atoms in total. The average molecular weight is 606 g/mol. The molecule has 0 radical (unpaired) electrons. The van der Waals surface area contributed by atoms with Crippen molar-refractivity contribution < 1.29 is 37.6 Å². The molecule has 0 aliphatic carbocycles. The zero-order chi connectivity index (χ0) is 29.9. The predicted molar refractivity (Wildman–Crippen MR) is 161 cm³/mol. The van der Waals surface area contributed by atoms with Gasteiger partial charge in [-0.25, -0.2) is 9.66 Å². The molecule has 0 spiro atoms. The van der Waals surface area contributed by atoms with E-state index in [-0.39, 0.29) is 5.56 Å². The van der Waals surface area contributed by atoms with Crippen LogP contribution in [-0.2, 0) is 18.0 Å². The van der Waals surface area contributed by atoms with Crippen LogP contribution in [0.5, 0.6) is 34.5 Å². The Bertz CT molecular complexity index is 1700. The van der Waals surface area contributed by atoms with Crippen LogP contribution in [0.25, 0.3) is 22.4 Å². The minimum Gasteiger partial charge on any atom is -0.496 e. The summed E-state index contributed by atoms with van der Waals surface area (Å²) in [5.41, 5.74) is 6.17. The standard InChI is InChI=1S/C31H31N3O8S/c1-35-21-12-24(22-14-26(42-25(22)13-21)23-15-34-30(32-23)43-31(33-34)39-5)41-16-18-7-6-8-20(9-18)40-17-19-10-27(36-2)29(38-4)28(11-19)37-3/h6-15,31,33H,16-17H2,1-5H3. The van der Waals surface area contributed by atoms with E-state index in [1.54, 1.807) is 35.5 Å². The Kier molecular flexibility index (Phi) is 8.12. The first-order valence-corrected chi connectivity index (χ1v) is 14.2. The maximum absolute atomic E-state index is 6.29. The normalized spacial score (nSPS) is 13.8. The summed E-state index contributed by atoms with van der Waals surface area (Å²) in [5.74, 6) is 4.25. The third kappa shape index (κ3) is 5.84. The molecule has 3 aromatic carbocycles. The lowest BCUT2D eigenvalue weighted by Crippen LogP contribution is -2.19. The number of thioether (sulfide) groups is 1. The fourth-order valence-electron chi connectivity index (χ4n) is 4.71. The number of hydrogen-bond donors (Lipinski definition) is 1. The van der Waals surface area contributed by atoms with Crippen molar-refractivity contribution in [3.05, 3.63) is 71.9 Å². The van der Waals surface area contributed by atoms with E-state index in [1.165, 1.54) is 11.8 Å². The first-order valence-electron chi connectivity index (χ1n) is 13.3. The molecule has 43 heavy (non-hydrogen) atoms. The third-order valence-corrected chi connectivity index (χ3v) is 7.84. The van der Waals surface area contributed by atoms with Crippen molar-refractivity contribution in [2.75, 3.05) is 41.0 Å². The van der Waals surface area contributed by atoms with Crippen molar-refractivity contribution in [2.24, 2.45) is 0 Å². The smallest absolute Gasteiger partial charge is 0.203 e. The monoisotopic (exact) mass is 605 g/mol. The van der Waals surface area contributed by atoms with Gasteiger partial charge in [-0.15, -0.1) is 0 Å². The van der Waals surface area contributed by atoms with Gasteiger partial charge in [0, 0.05) is 19.2 Å². The van der Waals surface area contributed by atoms with Crippen LogP contribution in [-0.4, -0.2) is 50.8 Å². The van der Waals surface area contributed by atoms with E-state index in [1.807, 2.05) is 65.5 Å². The number of furan rings is 1. The highest BCUT2D eigenvalue weighted by Crippen LogP contribution is 2.40. The summed E-state index contributed by atoms with van der Waals surface area (Å²) in [7, 11) is 8.00. The highest BCUT2D eigenvalue weighted by molar-refractivity contribution is 7.99. The van der Waals surface area contributed by atoms with Gasteiger partial charge in [-0.1, -0.05) is 12.1 Å². The molecule has 0 fully saturated rings. The molecule has 1 N–H and O–H groups in total. The quantitative estimate of drug-likeness (QED) is 0.179. The van der Waals surface area contributed by atoms with E-state index in [0.29, 0.717) is 64.7 Å². The van der Waals surface area contributed by atoms with Gasteiger partial charge in [0.2, 0.25) is 5.75 Å². The third-order valence-electron chi connectivity index (χ3n) is 6.83. The Labute approximate surface area is 252 Å². The first kappa shape index (κ1) is 28.4. The molecule has 1 aliphatic heterocycles. The second kappa shape index (κ2) is 12.3.